The number of pyridine rings is 1. The summed E-state index contributed by atoms with van der Waals surface area (Å²) in [7, 11) is -3.93. The van der Waals surface area contributed by atoms with Crippen LogP contribution in [0, 0.1) is 0 Å². The molecule has 6 rings (SSSR count). The van der Waals surface area contributed by atoms with Crippen LogP contribution in [-0.2, 0) is 16.4 Å². The van der Waals surface area contributed by atoms with Crippen molar-refractivity contribution in [2.45, 2.75) is 23.8 Å². The normalized spacial score (nSPS) is 12.2. The molecule has 42 heavy (non-hydrogen) atoms. The van der Waals surface area contributed by atoms with Crippen molar-refractivity contribution in [1.82, 2.24) is 30.5 Å². The third kappa shape index (κ3) is 6.03. The van der Waals surface area contributed by atoms with Crippen molar-refractivity contribution >= 4 is 33.0 Å². The van der Waals surface area contributed by atoms with Gasteiger partial charge in [-0.3, -0.25) is 9.78 Å². The Morgan fingerprint density at radius 3 is 2.40 bits per heavy atom. The van der Waals surface area contributed by atoms with E-state index >= 15 is 0 Å². The third-order valence-corrected chi connectivity index (χ3v) is 7.92. The predicted octanol–water partition coefficient (Wildman–Crippen LogP) is 4.91. The predicted molar refractivity (Wildman–Crippen MR) is 156 cm³/mol. The van der Waals surface area contributed by atoms with E-state index in [1.165, 1.54) is 12.1 Å². The van der Waals surface area contributed by atoms with Crippen molar-refractivity contribution in [3.8, 4) is 11.4 Å². The number of benzene rings is 3. The van der Waals surface area contributed by atoms with Crippen LogP contribution in [-0.4, -0.2) is 39.5 Å². The number of anilines is 1. The van der Waals surface area contributed by atoms with Gasteiger partial charge in [0.05, 0.1) is 15.9 Å². The number of amides is 1. The molecule has 0 aliphatic rings. The maximum absolute atomic E-state index is 13.4. The summed E-state index contributed by atoms with van der Waals surface area (Å²) in [6.45, 7) is 0. The number of sulfonamides is 1. The molecule has 0 fully saturated rings. The largest absolute Gasteiger partial charge is 0.405 e. The van der Waals surface area contributed by atoms with Crippen molar-refractivity contribution in [3.05, 3.63) is 120 Å². The number of H-pyrrole nitrogens is 1. The molecule has 11 nitrogen and oxygen atoms in total. The van der Waals surface area contributed by atoms with E-state index in [1.807, 2.05) is 42.5 Å². The minimum absolute atomic E-state index is 0.0555. The van der Waals surface area contributed by atoms with Crippen LogP contribution in [0.25, 0.3) is 22.4 Å². The number of carbonyl (C=O) groups is 1. The fourth-order valence-electron chi connectivity index (χ4n) is 4.44. The van der Waals surface area contributed by atoms with Gasteiger partial charge in [0.15, 0.2) is 0 Å². The summed E-state index contributed by atoms with van der Waals surface area (Å²) >= 11 is 0. The Bertz CT molecular complexity index is 1930. The highest BCUT2D eigenvalue weighted by molar-refractivity contribution is 7.92. The van der Waals surface area contributed by atoms with Gasteiger partial charge >= 0.3 is 6.01 Å². The number of aromatic amines is 1. The smallest absolute Gasteiger partial charge is 0.329 e. The van der Waals surface area contributed by atoms with Crippen LogP contribution in [0.2, 0.25) is 0 Å². The Kier molecular flexibility index (Phi) is 7.43. The number of hydrogen-bond acceptors (Lipinski definition) is 8. The fraction of sp³-hybridized carbons (Fsp3) is 0.100. The van der Waals surface area contributed by atoms with E-state index in [0.29, 0.717) is 35.3 Å². The summed E-state index contributed by atoms with van der Waals surface area (Å²) in [5.41, 5.74) is 3.76. The molecule has 0 spiro atoms. The van der Waals surface area contributed by atoms with E-state index in [9.17, 15) is 13.2 Å². The van der Waals surface area contributed by atoms with Gasteiger partial charge in [-0.25, -0.2) is 18.1 Å². The van der Waals surface area contributed by atoms with Gasteiger partial charge < -0.3 is 14.7 Å². The van der Waals surface area contributed by atoms with Gasteiger partial charge in [-0.1, -0.05) is 53.6 Å². The van der Waals surface area contributed by atoms with Crippen molar-refractivity contribution in [2.75, 3.05) is 4.72 Å². The molecule has 6 aromatic rings. The van der Waals surface area contributed by atoms with Crippen LogP contribution in [0.1, 0.15) is 34.3 Å². The second-order valence-corrected chi connectivity index (χ2v) is 11.1. The molecule has 0 aliphatic heterocycles. The number of carbonyl (C=O) groups excluding carboxylic acids is 1. The average Bonchev–Trinajstić information content (AvgIpc) is 3.67. The highest BCUT2D eigenvalue weighted by Crippen LogP contribution is 2.24. The maximum Gasteiger partial charge on any atom is 0.329 e. The lowest BCUT2D eigenvalue weighted by Crippen LogP contribution is -2.29. The Balaban J connectivity index is 1.23. The van der Waals surface area contributed by atoms with E-state index in [0.717, 1.165) is 11.1 Å². The molecule has 1 atom stereocenters. The number of rotatable bonds is 10. The number of nitrogens with zero attached hydrogens (tertiary/aromatic N) is 4. The molecule has 12 heteroatoms. The first kappa shape index (κ1) is 26.8. The summed E-state index contributed by atoms with van der Waals surface area (Å²) in [4.78, 5) is 25.4. The van der Waals surface area contributed by atoms with E-state index in [2.05, 4.69) is 35.2 Å². The van der Waals surface area contributed by atoms with Gasteiger partial charge in [0.1, 0.15) is 11.9 Å². The Morgan fingerprint density at radius 2 is 1.64 bits per heavy atom. The molecule has 3 aromatic carbocycles. The molecule has 3 aromatic heterocycles. The zero-order valence-electron chi connectivity index (χ0n) is 22.1. The molecule has 0 aliphatic carbocycles. The minimum atomic E-state index is -3.93. The molecular formula is C30H25N7O4S. The first-order chi connectivity index (χ1) is 20.4. The molecule has 0 saturated carbocycles. The second kappa shape index (κ2) is 11.6. The number of aryl methyl sites for hydroxylation is 1. The summed E-state index contributed by atoms with van der Waals surface area (Å²) in [6, 6.07) is 25.5. The molecule has 0 bridgehead atoms. The Morgan fingerprint density at radius 1 is 0.905 bits per heavy atom. The van der Waals surface area contributed by atoms with Crippen LogP contribution in [0.15, 0.2) is 113 Å². The summed E-state index contributed by atoms with van der Waals surface area (Å²) in [5, 5.41) is 10.9. The van der Waals surface area contributed by atoms with Crippen LogP contribution in [0.4, 0.5) is 6.01 Å². The second-order valence-electron chi connectivity index (χ2n) is 9.47. The molecule has 3 N–H and O–H groups in total. The van der Waals surface area contributed by atoms with Gasteiger partial charge in [0.2, 0.25) is 5.89 Å². The first-order valence-electron chi connectivity index (χ1n) is 13.1. The zero-order valence-corrected chi connectivity index (χ0v) is 23.0. The van der Waals surface area contributed by atoms with Gasteiger partial charge in [-0.05, 0) is 60.9 Å². The highest BCUT2D eigenvalue weighted by atomic mass is 32.2. The van der Waals surface area contributed by atoms with Gasteiger partial charge in [-0.15, -0.1) is 5.10 Å². The summed E-state index contributed by atoms with van der Waals surface area (Å²) in [5.74, 6) is 0.384. The molecule has 0 radical (unpaired) electrons. The standard InChI is InChI=1S/C30H25N7O4S/c38-28(22-12-14-24-26(19-22)33-27(32-24)21-15-17-31-18-16-21)34-25(13-11-20-7-3-1-4-8-20)29-35-36-30(41-29)37-42(39,40)23-9-5-2-6-10-23/h1-10,12,14-19,25H,11,13H2,(H,32,33)(H,34,38)(H,36,37)/t25-/m0/s1. The monoisotopic (exact) mass is 579 g/mol. The zero-order chi connectivity index (χ0) is 28.9. The van der Waals surface area contributed by atoms with Gasteiger partial charge in [0.25, 0.3) is 15.9 Å². The van der Waals surface area contributed by atoms with Crippen molar-refractivity contribution in [3.63, 3.8) is 0 Å². The third-order valence-electron chi connectivity index (χ3n) is 6.58. The minimum Gasteiger partial charge on any atom is -0.405 e. The van der Waals surface area contributed by atoms with Gasteiger partial charge in [0, 0.05) is 23.5 Å². The molecular weight excluding hydrogens is 554 g/mol. The lowest BCUT2D eigenvalue weighted by atomic mass is 10.0. The summed E-state index contributed by atoms with van der Waals surface area (Å²) in [6.07, 6.45) is 4.41. The topological polar surface area (TPSA) is 156 Å². The van der Waals surface area contributed by atoms with Crippen molar-refractivity contribution in [2.24, 2.45) is 0 Å². The molecule has 3 heterocycles. The van der Waals surface area contributed by atoms with Crippen LogP contribution >= 0.6 is 0 Å². The van der Waals surface area contributed by atoms with E-state index < -0.39 is 16.1 Å². The fourth-order valence-corrected chi connectivity index (χ4v) is 5.39. The first-order valence-corrected chi connectivity index (χ1v) is 14.6. The SMILES string of the molecule is O=C(N[C@@H](CCc1ccccc1)c1nnc(NS(=O)(=O)c2ccccc2)o1)c1ccc2nc(-c3ccncc3)[nH]c2c1. The maximum atomic E-state index is 13.4. The lowest BCUT2D eigenvalue weighted by Gasteiger charge is -2.15. The average molecular weight is 580 g/mol. The molecule has 210 valence electrons. The van der Waals surface area contributed by atoms with Crippen LogP contribution in [0.5, 0.6) is 0 Å². The van der Waals surface area contributed by atoms with Crippen molar-refractivity contribution < 1.29 is 17.6 Å². The van der Waals surface area contributed by atoms with Crippen LogP contribution < -0.4 is 10.0 Å². The lowest BCUT2D eigenvalue weighted by molar-refractivity contribution is 0.0928. The van der Waals surface area contributed by atoms with E-state index in [4.69, 9.17) is 4.42 Å². The Labute approximate surface area is 241 Å². The highest BCUT2D eigenvalue weighted by Gasteiger charge is 2.24. The molecule has 1 amide bonds. The number of hydrogen-bond donors (Lipinski definition) is 3. The number of aromatic nitrogens is 5. The van der Waals surface area contributed by atoms with Gasteiger partial charge in [-0.2, -0.15) is 0 Å². The van der Waals surface area contributed by atoms with Crippen molar-refractivity contribution in [1.29, 1.82) is 0 Å². The molecule has 0 saturated heterocycles. The van der Waals surface area contributed by atoms with E-state index in [-0.39, 0.29) is 22.7 Å². The number of fused-ring (bicyclic) bond motifs is 1. The number of nitrogens with one attached hydrogen (secondary N) is 3. The summed E-state index contributed by atoms with van der Waals surface area (Å²) < 4.78 is 33.5. The van der Waals surface area contributed by atoms with E-state index in [1.54, 1.807) is 48.8 Å². The molecule has 0 unspecified atom stereocenters. The van der Waals surface area contributed by atoms with Crippen LogP contribution in [0.3, 0.4) is 0 Å². The quantitative estimate of drug-likeness (QED) is 0.207. The Hall–Kier alpha value is -5.36. The number of imidazole rings is 1.